The molecule has 218 valence electrons. The number of hydrogen-bond acceptors (Lipinski definition) is 5. The zero-order chi connectivity index (χ0) is 27.7. The van der Waals surface area contributed by atoms with Crippen LogP contribution < -0.4 is 0 Å². The lowest BCUT2D eigenvalue weighted by atomic mass is 9.44. The lowest BCUT2D eigenvalue weighted by molar-refractivity contribution is -0.130. The van der Waals surface area contributed by atoms with Crippen LogP contribution in [0.15, 0.2) is 29.2 Å². The minimum absolute atomic E-state index is 0.0821. The van der Waals surface area contributed by atoms with E-state index < -0.39 is 10.1 Å². The van der Waals surface area contributed by atoms with E-state index in [1.54, 1.807) is 24.3 Å². The summed E-state index contributed by atoms with van der Waals surface area (Å²) in [7, 11) is -3.76. The van der Waals surface area contributed by atoms with Gasteiger partial charge in [0.25, 0.3) is 10.1 Å². The van der Waals surface area contributed by atoms with Crippen LogP contribution in [-0.4, -0.2) is 37.9 Å². The van der Waals surface area contributed by atoms with E-state index in [9.17, 15) is 13.5 Å². The topological polar surface area (TPSA) is 72.8 Å². The highest BCUT2D eigenvalue weighted by Gasteiger charge is 2.65. The van der Waals surface area contributed by atoms with Crippen LogP contribution in [0.1, 0.15) is 97.5 Å². The molecule has 0 aromatic heterocycles. The van der Waals surface area contributed by atoms with Gasteiger partial charge in [-0.25, -0.2) is 0 Å². The third kappa shape index (κ3) is 4.73. The Kier molecular flexibility index (Phi) is 7.30. The van der Waals surface area contributed by atoms with Gasteiger partial charge in [-0.1, -0.05) is 38.5 Å². The van der Waals surface area contributed by atoms with Crippen molar-refractivity contribution in [3.63, 3.8) is 0 Å². The molecule has 4 aliphatic carbocycles. The summed E-state index contributed by atoms with van der Waals surface area (Å²) in [4.78, 5) is 0.224. The van der Waals surface area contributed by atoms with Crippen molar-refractivity contribution in [1.29, 1.82) is 0 Å². The van der Waals surface area contributed by atoms with Crippen molar-refractivity contribution in [3.8, 4) is 0 Å². The average Bonchev–Trinajstić information content (AvgIpc) is 3.36. The zero-order valence-electron chi connectivity index (χ0n) is 24.6. The largest absolute Gasteiger partial charge is 0.393 e. The van der Waals surface area contributed by atoms with E-state index in [1.165, 1.54) is 38.5 Å². The molecule has 12 unspecified atom stereocenters. The summed E-state index contributed by atoms with van der Waals surface area (Å²) in [5.41, 5.74) is 1.78. The summed E-state index contributed by atoms with van der Waals surface area (Å²) in [6.07, 6.45) is 11.2. The Morgan fingerprint density at radius 3 is 2.49 bits per heavy atom. The first-order valence-electron chi connectivity index (χ1n) is 15.8. The fraction of sp³-hybridized carbons (Fsp3) is 0.818. The number of aliphatic hydroxyl groups is 1. The van der Waals surface area contributed by atoms with Crippen molar-refractivity contribution >= 4 is 10.1 Å². The minimum atomic E-state index is -3.76. The van der Waals surface area contributed by atoms with Gasteiger partial charge in [-0.05, 0) is 137 Å². The molecule has 0 bridgehead atoms. The van der Waals surface area contributed by atoms with Crippen LogP contribution in [0.4, 0.5) is 0 Å². The van der Waals surface area contributed by atoms with Crippen molar-refractivity contribution in [2.75, 3.05) is 0 Å². The molecule has 4 saturated carbocycles. The van der Waals surface area contributed by atoms with Crippen LogP contribution in [0.25, 0.3) is 0 Å². The molecule has 0 radical (unpaired) electrons. The summed E-state index contributed by atoms with van der Waals surface area (Å²) < 4.78 is 37.9. The van der Waals surface area contributed by atoms with Crippen LogP contribution in [-0.2, 0) is 19.0 Å². The summed E-state index contributed by atoms with van der Waals surface area (Å²) in [5, 5.41) is 10.4. The molecule has 1 aromatic carbocycles. The van der Waals surface area contributed by atoms with Gasteiger partial charge in [0.15, 0.2) is 0 Å². The maximum atomic E-state index is 12.7. The first-order valence-corrected chi connectivity index (χ1v) is 17.2. The van der Waals surface area contributed by atoms with E-state index in [2.05, 4.69) is 20.8 Å². The van der Waals surface area contributed by atoms with E-state index >= 15 is 0 Å². The second kappa shape index (κ2) is 10.1. The van der Waals surface area contributed by atoms with Gasteiger partial charge in [0, 0.05) is 0 Å². The summed E-state index contributed by atoms with van der Waals surface area (Å²) in [6, 6.07) is 6.86. The van der Waals surface area contributed by atoms with Crippen LogP contribution in [0, 0.1) is 53.3 Å². The second-order valence-electron chi connectivity index (χ2n) is 14.7. The molecule has 6 rings (SSSR count). The molecule has 1 heterocycles. The van der Waals surface area contributed by atoms with Gasteiger partial charge < -0.3 is 9.84 Å². The molecule has 12 atom stereocenters. The molecule has 1 N–H and O–H groups in total. The van der Waals surface area contributed by atoms with Crippen LogP contribution >= 0.6 is 0 Å². The smallest absolute Gasteiger partial charge is 0.297 e. The Morgan fingerprint density at radius 2 is 1.74 bits per heavy atom. The number of hydrogen-bond donors (Lipinski definition) is 1. The SMILES string of the molecule is Cc1ccc(S(=O)(=O)OC(C)CCC2OC3CC4C5CCC6CC(O)CCC6(C)C5CCC4(C)C3C2C)cc1. The Labute approximate surface area is 236 Å². The Hall–Kier alpha value is -0.950. The van der Waals surface area contributed by atoms with Crippen molar-refractivity contribution in [3.05, 3.63) is 29.8 Å². The summed E-state index contributed by atoms with van der Waals surface area (Å²) in [5.74, 6) is 4.15. The molecular weight excluding hydrogens is 508 g/mol. The van der Waals surface area contributed by atoms with Crippen LogP contribution in [0.2, 0.25) is 0 Å². The molecule has 5 aliphatic rings. The molecule has 5 fully saturated rings. The lowest BCUT2D eigenvalue weighted by Gasteiger charge is -2.61. The maximum Gasteiger partial charge on any atom is 0.297 e. The van der Waals surface area contributed by atoms with E-state index in [0.717, 1.165) is 42.6 Å². The van der Waals surface area contributed by atoms with Gasteiger partial charge >= 0.3 is 0 Å². The third-order valence-corrected chi connectivity index (χ3v) is 14.1. The number of benzene rings is 1. The Morgan fingerprint density at radius 1 is 1.03 bits per heavy atom. The molecular formula is C33H50O5S. The monoisotopic (exact) mass is 558 g/mol. The highest BCUT2D eigenvalue weighted by molar-refractivity contribution is 7.86. The number of rotatable bonds is 6. The first-order chi connectivity index (χ1) is 18.4. The minimum Gasteiger partial charge on any atom is -0.393 e. The summed E-state index contributed by atoms with van der Waals surface area (Å²) >= 11 is 0. The molecule has 5 nitrogen and oxygen atoms in total. The molecule has 0 amide bonds. The average molecular weight is 559 g/mol. The van der Waals surface area contributed by atoms with Gasteiger partial charge in [0.05, 0.1) is 29.3 Å². The first kappa shape index (κ1) is 28.2. The molecule has 6 heteroatoms. The van der Waals surface area contributed by atoms with E-state index in [-0.39, 0.29) is 23.2 Å². The molecule has 1 saturated heterocycles. The van der Waals surface area contributed by atoms with Crippen molar-refractivity contribution in [2.24, 2.45) is 46.3 Å². The van der Waals surface area contributed by atoms with Gasteiger partial charge in [-0.2, -0.15) is 8.42 Å². The van der Waals surface area contributed by atoms with Gasteiger partial charge in [-0.3, -0.25) is 4.18 Å². The predicted molar refractivity (Wildman–Crippen MR) is 153 cm³/mol. The number of aryl methyl sites for hydroxylation is 1. The highest BCUT2D eigenvalue weighted by Crippen LogP contribution is 2.70. The number of fused-ring (bicyclic) bond motifs is 7. The van der Waals surface area contributed by atoms with Crippen LogP contribution in [0.3, 0.4) is 0 Å². The van der Waals surface area contributed by atoms with Crippen molar-refractivity contribution in [2.45, 2.75) is 128 Å². The fourth-order valence-electron chi connectivity index (χ4n) is 10.7. The fourth-order valence-corrected chi connectivity index (χ4v) is 11.8. The lowest BCUT2D eigenvalue weighted by Crippen LogP contribution is -2.54. The molecule has 1 aromatic rings. The summed E-state index contributed by atoms with van der Waals surface area (Å²) in [6.45, 7) is 11.4. The molecule has 1 aliphatic heterocycles. The van der Waals surface area contributed by atoms with Crippen molar-refractivity contribution < 1.29 is 22.4 Å². The zero-order valence-corrected chi connectivity index (χ0v) is 25.5. The van der Waals surface area contributed by atoms with E-state index in [0.29, 0.717) is 41.1 Å². The van der Waals surface area contributed by atoms with E-state index in [4.69, 9.17) is 8.92 Å². The number of ether oxygens (including phenoxy) is 1. The van der Waals surface area contributed by atoms with Crippen molar-refractivity contribution in [1.82, 2.24) is 0 Å². The molecule has 0 spiro atoms. The Bertz CT molecular complexity index is 1150. The van der Waals surface area contributed by atoms with Gasteiger partial charge in [-0.15, -0.1) is 0 Å². The van der Waals surface area contributed by atoms with Gasteiger partial charge in [0.1, 0.15) is 0 Å². The normalized spacial score (nSPS) is 46.2. The molecule has 39 heavy (non-hydrogen) atoms. The second-order valence-corrected chi connectivity index (χ2v) is 16.3. The standard InChI is InChI=1S/C33H50O5S/c1-20-6-10-25(11-7-20)39(35,36)38-21(2)8-13-29-22(3)31-30(37-29)19-28-26-12-9-23-18-24(34)14-16-32(23,4)27(26)15-17-33(28,31)5/h6-7,10-11,21-24,26-31,34H,8-9,12-19H2,1-5H3. The predicted octanol–water partition coefficient (Wildman–Crippen LogP) is 6.90. The third-order valence-electron chi connectivity index (χ3n) is 12.7. The maximum absolute atomic E-state index is 12.7. The van der Waals surface area contributed by atoms with Crippen LogP contribution in [0.5, 0.6) is 0 Å². The highest BCUT2D eigenvalue weighted by atomic mass is 32.2. The quantitative estimate of drug-likeness (QED) is 0.385. The van der Waals surface area contributed by atoms with Gasteiger partial charge in [0.2, 0.25) is 0 Å². The van der Waals surface area contributed by atoms with E-state index in [1.807, 2.05) is 13.8 Å². The Balaban J connectivity index is 1.08. The number of aliphatic hydroxyl groups excluding tert-OH is 1.